The minimum Gasteiger partial charge on any atom is -0.326 e. The molecule has 78 valence electrons. The Balaban J connectivity index is 1.89. The summed E-state index contributed by atoms with van der Waals surface area (Å²) < 4.78 is 11.2. The highest BCUT2D eigenvalue weighted by Gasteiger charge is 2.19. The zero-order chi connectivity index (χ0) is 10.5. The van der Waals surface area contributed by atoms with Crippen molar-refractivity contribution >= 4 is 8.38 Å². The van der Waals surface area contributed by atoms with E-state index in [-0.39, 0.29) is 0 Å². The molecule has 1 aromatic rings. The molecule has 0 N–H and O–H groups in total. The predicted octanol–water partition coefficient (Wildman–Crippen LogP) is 3.62. The summed E-state index contributed by atoms with van der Waals surface area (Å²) in [5, 5.41) is 1.08. The molecule has 1 aliphatic heterocycles. The van der Waals surface area contributed by atoms with Gasteiger partial charge < -0.3 is 9.05 Å². The van der Waals surface area contributed by atoms with Crippen molar-refractivity contribution in [3.63, 3.8) is 0 Å². The number of hydrogen-bond acceptors (Lipinski definition) is 2. The third-order valence-corrected chi connectivity index (χ3v) is 3.63. The first-order chi connectivity index (χ1) is 7.40. The van der Waals surface area contributed by atoms with Crippen LogP contribution in [0, 0.1) is 0 Å². The Morgan fingerprint density at radius 1 is 1.40 bits per heavy atom. The van der Waals surface area contributed by atoms with Crippen molar-refractivity contribution in [2.75, 3.05) is 6.61 Å². The lowest BCUT2D eigenvalue weighted by atomic mass is 10.2. The summed E-state index contributed by atoms with van der Waals surface area (Å²) in [4.78, 5) is 0. The van der Waals surface area contributed by atoms with Gasteiger partial charge in [0.05, 0.1) is 13.2 Å². The fraction of sp³-hybridized carbons (Fsp3) is 0.167. The molecule has 0 saturated carbocycles. The van der Waals surface area contributed by atoms with Crippen LogP contribution in [-0.2, 0) is 15.7 Å². The van der Waals surface area contributed by atoms with Crippen LogP contribution in [0.1, 0.15) is 5.56 Å². The monoisotopic (exact) mass is 220 g/mol. The zero-order valence-corrected chi connectivity index (χ0v) is 9.32. The molecular formula is C12H13O2P. The van der Waals surface area contributed by atoms with Gasteiger partial charge in [-0.3, -0.25) is 0 Å². The highest BCUT2D eigenvalue weighted by Crippen LogP contribution is 2.51. The molecule has 0 saturated heterocycles. The largest absolute Gasteiger partial charge is 0.326 e. The molecule has 0 spiro atoms. The van der Waals surface area contributed by atoms with Crippen LogP contribution in [-0.4, -0.2) is 6.61 Å². The van der Waals surface area contributed by atoms with Gasteiger partial charge in [0.15, 0.2) is 0 Å². The first kappa shape index (κ1) is 10.6. The quantitative estimate of drug-likeness (QED) is 0.721. The smallest absolute Gasteiger partial charge is 0.205 e. The summed E-state index contributed by atoms with van der Waals surface area (Å²) >= 11 is 0. The lowest BCUT2D eigenvalue weighted by Gasteiger charge is -2.11. The van der Waals surface area contributed by atoms with Gasteiger partial charge >= 0.3 is 0 Å². The van der Waals surface area contributed by atoms with E-state index in [4.69, 9.17) is 9.05 Å². The molecule has 1 heterocycles. The Morgan fingerprint density at radius 3 is 2.93 bits per heavy atom. The maximum Gasteiger partial charge on any atom is 0.205 e. The van der Waals surface area contributed by atoms with E-state index in [0.717, 1.165) is 5.31 Å². The Labute approximate surface area is 91.1 Å². The van der Waals surface area contributed by atoms with Gasteiger partial charge in [-0.25, -0.2) is 0 Å². The minimum atomic E-state index is -0.889. The van der Waals surface area contributed by atoms with Crippen LogP contribution in [0.3, 0.4) is 0 Å². The van der Waals surface area contributed by atoms with Crippen molar-refractivity contribution in [1.82, 2.24) is 0 Å². The SMILES string of the molecule is C=CC1=CCOP1OCc1ccccc1. The normalized spacial score (nSPS) is 20.0. The molecule has 0 radical (unpaired) electrons. The van der Waals surface area contributed by atoms with E-state index in [1.807, 2.05) is 42.5 Å². The molecule has 2 rings (SSSR count). The Hall–Kier alpha value is -0.950. The van der Waals surface area contributed by atoms with Gasteiger partial charge in [0, 0.05) is 5.31 Å². The second-order valence-electron chi connectivity index (χ2n) is 3.15. The van der Waals surface area contributed by atoms with E-state index < -0.39 is 8.38 Å². The minimum absolute atomic E-state index is 0.595. The number of hydrogen-bond donors (Lipinski definition) is 0. The second kappa shape index (κ2) is 5.22. The summed E-state index contributed by atoms with van der Waals surface area (Å²) in [5.41, 5.74) is 1.17. The molecule has 1 atom stereocenters. The summed E-state index contributed by atoms with van der Waals surface area (Å²) in [6.45, 7) is 4.97. The van der Waals surface area contributed by atoms with E-state index in [9.17, 15) is 0 Å². The summed E-state index contributed by atoms with van der Waals surface area (Å²) in [7, 11) is -0.889. The number of benzene rings is 1. The van der Waals surface area contributed by atoms with Gasteiger partial charge in [-0.15, -0.1) is 0 Å². The average Bonchev–Trinajstić information content (AvgIpc) is 2.75. The maximum absolute atomic E-state index is 5.70. The van der Waals surface area contributed by atoms with Crippen LogP contribution in [0.2, 0.25) is 0 Å². The Bertz CT molecular complexity index is 359. The molecule has 2 nitrogen and oxygen atoms in total. The first-order valence-corrected chi connectivity index (χ1v) is 6.00. The van der Waals surface area contributed by atoms with Gasteiger partial charge in [-0.1, -0.05) is 43.0 Å². The Kier molecular flexibility index (Phi) is 3.68. The van der Waals surface area contributed by atoms with Crippen molar-refractivity contribution in [1.29, 1.82) is 0 Å². The number of allylic oxidation sites excluding steroid dienone is 2. The molecule has 0 aliphatic carbocycles. The number of rotatable bonds is 4. The molecule has 1 aliphatic rings. The Morgan fingerprint density at radius 2 is 2.20 bits per heavy atom. The van der Waals surface area contributed by atoms with Gasteiger partial charge in [0.1, 0.15) is 0 Å². The van der Waals surface area contributed by atoms with E-state index in [0.29, 0.717) is 13.2 Å². The summed E-state index contributed by atoms with van der Waals surface area (Å²) in [5.74, 6) is 0. The molecule has 1 aromatic carbocycles. The van der Waals surface area contributed by atoms with Crippen LogP contribution in [0.5, 0.6) is 0 Å². The fourth-order valence-corrected chi connectivity index (χ4v) is 2.54. The van der Waals surface area contributed by atoms with Crippen LogP contribution in [0.4, 0.5) is 0 Å². The zero-order valence-electron chi connectivity index (χ0n) is 8.43. The molecule has 0 amide bonds. The van der Waals surface area contributed by atoms with Crippen LogP contribution in [0.15, 0.2) is 54.4 Å². The molecule has 0 bridgehead atoms. The topological polar surface area (TPSA) is 18.5 Å². The highest BCUT2D eigenvalue weighted by molar-refractivity contribution is 7.52. The van der Waals surface area contributed by atoms with Crippen LogP contribution in [0.25, 0.3) is 0 Å². The third kappa shape index (κ3) is 2.75. The predicted molar refractivity (Wildman–Crippen MR) is 62.4 cm³/mol. The lowest BCUT2D eigenvalue weighted by Crippen LogP contribution is -1.88. The van der Waals surface area contributed by atoms with Crippen molar-refractivity contribution in [3.8, 4) is 0 Å². The third-order valence-electron chi connectivity index (χ3n) is 2.10. The standard InChI is InChI=1S/C12H13O2P/c1-2-12-8-9-13-15(12)14-10-11-6-4-3-5-7-11/h2-8H,1,9-10H2. The van der Waals surface area contributed by atoms with Crippen molar-refractivity contribution in [2.24, 2.45) is 0 Å². The maximum atomic E-state index is 5.70. The van der Waals surface area contributed by atoms with Crippen LogP contribution >= 0.6 is 8.38 Å². The fourth-order valence-electron chi connectivity index (χ4n) is 1.32. The van der Waals surface area contributed by atoms with Gasteiger partial charge in [0.25, 0.3) is 0 Å². The highest BCUT2D eigenvalue weighted by atomic mass is 31.2. The van der Waals surface area contributed by atoms with Crippen molar-refractivity contribution in [3.05, 3.63) is 59.9 Å². The first-order valence-electron chi connectivity index (χ1n) is 4.82. The average molecular weight is 220 g/mol. The van der Waals surface area contributed by atoms with Crippen molar-refractivity contribution in [2.45, 2.75) is 6.61 Å². The van der Waals surface area contributed by atoms with Gasteiger partial charge in [-0.05, 0) is 11.6 Å². The van der Waals surface area contributed by atoms with Crippen LogP contribution < -0.4 is 0 Å². The van der Waals surface area contributed by atoms with E-state index in [1.165, 1.54) is 5.56 Å². The summed E-state index contributed by atoms with van der Waals surface area (Å²) in [6.07, 6.45) is 3.83. The molecule has 0 aromatic heterocycles. The van der Waals surface area contributed by atoms with Gasteiger partial charge in [0.2, 0.25) is 8.38 Å². The molecular weight excluding hydrogens is 207 g/mol. The van der Waals surface area contributed by atoms with Crippen molar-refractivity contribution < 1.29 is 9.05 Å². The molecule has 0 fully saturated rings. The van der Waals surface area contributed by atoms with E-state index in [2.05, 4.69) is 6.58 Å². The van der Waals surface area contributed by atoms with E-state index in [1.54, 1.807) is 0 Å². The molecule has 1 unspecified atom stereocenters. The molecule has 15 heavy (non-hydrogen) atoms. The molecule has 3 heteroatoms. The van der Waals surface area contributed by atoms with Gasteiger partial charge in [-0.2, -0.15) is 0 Å². The lowest BCUT2D eigenvalue weighted by molar-refractivity contribution is 0.272. The second-order valence-corrected chi connectivity index (χ2v) is 4.69. The van der Waals surface area contributed by atoms with E-state index >= 15 is 0 Å². The summed E-state index contributed by atoms with van der Waals surface area (Å²) in [6, 6.07) is 10.1.